The van der Waals surface area contributed by atoms with E-state index >= 15 is 0 Å². The summed E-state index contributed by atoms with van der Waals surface area (Å²) in [5, 5.41) is 0. The molecule has 0 amide bonds. The molecule has 0 N–H and O–H groups in total. The van der Waals surface area contributed by atoms with Crippen LogP contribution in [0.3, 0.4) is 0 Å². The largest absolute Gasteiger partial charge is 0.497 e. The first-order valence-electron chi connectivity index (χ1n) is 16.2. The van der Waals surface area contributed by atoms with Crippen LogP contribution in [0.2, 0.25) is 0 Å². The first-order chi connectivity index (χ1) is 20.7. The predicted molar refractivity (Wildman–Crippen MR) is 183 cm³/mol. The highest BCUT2D eigenvalue weighted by Gasteiger charge is 2.18. The highest BCUT2D eigenvalue weighted by Crippen LogP contribution is 2.22. The van der Waals surface area contributed by atoms with E-state index in [0.29, 0.717) is 6.54 Å². The van der Waals surface area contributed by atoms with Crippen molar-refractivity contribution < 1.29 is 14.3 Å². The molecule has 0 unspecified atom stereocenters. The van der Waals surface area contributed by atoms with Crippen molar-refractivity contribution in [1.82, 2.24) is 9.88 Å². The molecule has 2 aromatic carbocycles. The maximum absolute atomic E-state index is 11.3. The van der Waals surface area contributed by atoms with Crippen LogP contribution in [0.1, 0.15) is 90.3 Å². The number of carbonyl (C=O) groups excluding carboxylic acids is 1. The number of methoxy groups -OCH3 is 1. The molecule has 3 aromatic rings. The lowest BCUT2D eigenvalue weighted by molar-refractivity contribution is -0.149. The molecule has 0 bridgehead atoms. The van der Waals surface area contributed by atoms with Crippen molar-refractivity contribution in [3.8, 4) is 17.0 Å². The zero-order chi connectivity index (χ0) is 32.0. The molecule has 1 saturated heterocycles. The molecule has 1 aliphatic heterocycles. The summed E-state index contributed by atoms with van der Waals surface area (Å²) in [6, 6.07) is 20.8. The van der Waals surface area contributed by atoms with Crippen molar-refractivity contribution in [3.05, 3.63) is 83.6 Å². The zero-order valence-electron chi connectivity index (χ0n) is 28.5. The molecular weight excluding hydrogens is 532 g/mol. The normalized spacial score (nSPS) is 13.0. The van der Waals surface area contributed by atoms with Crippen LogP contribution in [0, 0.1) is 19.8 Å². The number of esters is 1. The van der Waals surface area contributed by atoms with E-state index in [1.165, 1.54) is 54.4 Å². The Kier molecular flexibility index (Phi) is 19.7. The Morgan fingerprint density at radius 2 is 1.63 bits per heavy atom. The third-order valence-corrected chi connectivity index (χ3v) is 7.17. The Labute approximate surface area is 263 Å². The van der Waals surface area contributed by atoms with Crippen molar-refractivity contribution in [3.63, 3.8) is 0 Å². The average molecular weight is 591 g/mol. The summed E-state index contributed by atoms with van der Waals surface area (Å²) in [6.45, 7) is 19.0. The van der Waals surface area contributed by atoms with Crippen LogP contribution < -0.4 is 4.74 Å². The second kappa shape index (κ2) is 22.4. The zero-order valence-corrected chi connectivity index (χ0v) is 28.5. The predicted octanol–water partition coefficient (Wildman–Crippen LogP) is 9.49. The quantitative estimate of drug-likeness (QED) is 0.183. The fourth-order valence-electron chi connectivity index (χ4n) is 4.59. The van der Waals surface area contributed by atoms with Gasteiger partial charge in [0.15, 0.2) is 0 Å². The van der Waals surface area contributed by atoms with Crippen LogP contribution >= 0.6 is 0 Å². The molecule has 1 aliphatic rings. The fourth-order valence-corrected chi connectivity index (χ4v) is 4.59. The molecule has 0 radical (unpaired) electrons. The van der Waals surface area contributed by atoms with E-state index in [1.807, 2.05) is 58.2 Å². The number of ether oxygens (including phenoxy) is 2. The Morgan fingerprint density at radius 1 is 0.977 bits per heavy atom. The number of unbranched alkanes of at least 4 members (excludes halogenated alkanes) is 2. The molecule has 1 aromatic heterocycles. The molecule has 5 nitrogen and oxygen atoms in total. The first-order valence-corrected chi connectivity index (χ1v) is 16.2. The van der Waals surface area contributed by atoms with Crippen molar-refractivity contribution in [2.24, 2.45) is 5.92 Å². The van der Waals surface area contributed by atoms with Gasteiger partial charge in [-0.2, -0.15) is 0 Å². The number of carbonyl (C=O) groups is 1. The van der Waals surface area contributed by atoms with Crippen LogP contribution in [0.15, 0.2) is 66.9 Å². The van der Waals surface area contributed by atoms with Crippen LogP contribution in [0.4, 0.5) is 0 Å². The third kappa shape index (κ3) is 16.3. The minimum atomic E-state index is -0.0884. The molecule has 43 heavy (non-hydrogen) atoms. The highest BCUT2D eigenvalue weighted by molar-refractivity contribution is 5.71. The minimum Gasteiger partial charge on any atom is -0.497 e. The summed E-state index contributed by atoms with van der Waals surface area (Å²) < 4.78 is 10.1. The van der Waals surface area contributed by atoms with Gasteiger partial charge in [-0.25, -0.2) is 0 Å². The van der Waals surface area contributed by atoms with E-state index in [0.717, 1.165) is 36.9 Å². The highest BCUT2D eigenvalue weighted by atomic mass is 16.5. The van der Waals surface area contributed by atoms with E-state index in [9.17, 15) is 4.79 Å². The minimum absolute atomic E-state index is 0.00575. The summed E-state index contributed by atoms with van der Waals surface area (Å²) in [4.78, 5) is 18.0. The number of rotatable bonds is 9. The molecule has 4 rings (SSSR count). The van der Waals surface area contributed by atoms with Crippen LogP contribution in [0.25, 0.3) is 11.3 Å². The SMILES string of the molecule is CC.CC1CCN(CC(=O)OC(C)C)CC1.CCCCCc1ccnc(-c2ccccc2C)c1.COc1ccc(C)cc1. The first kappa shape index (κ1) is 37.8. The van der Waals surface area contributed by atoms with E-state index in [2.05, 4.69) is 74.0 Å². The van der Waals surface area contributed by atoms with E-state index in [-0.39, 0.29) is 12.1 Å². The van der Waals surface area contributed by atoms with Gasteiger partial charge in [-0.05, 0) is 108 Å². The second-order valence-corrected chi connectivity index (χ2v) is 11.3. The van der Waals surface area contributed by atoms with Crippen LogP contribution in [0.5, 0.6) is 5.75 Å². The number of benzene rings is 2. The van der Waals surface area contributed by atoms with Gasteiger partial charge in [0.1, 0.15) is 5.75 Å². The molecular formula is C38H58N2O3. The number of hydrogen-bond donors (Lipinski definition) is 0. The fraction of sp³-hybridized carbons (Fsp3) is 0.526. The van der Waals surface area contributed by atoms with Gasteiger partial charge in [-0.15, -0.1) is 0 Å². The second-order valence-electron chi connectivity index (χ2n) is 11.3. The number of pyridine rings is 1. The average Bonchev–Trinajstić information content (AvgIpc) is 3.01. The van der Waals surface area contributed by atoms with Crippen molar-refractivity contribution in [2.45, 2.75) is 100 Å². The van der Waals surface area contributed by atoms with Gasteiger partial charge in [0, 0.05) is 11.8 Å². The van der Waals surface area contributed by atoms with Gasteiger partial charge in [-0.3, -0.25) is 14.7 Å². The lowest BCUT2D eigenvalue weighted by atomic mass is 9.99. The summed E-state index contributed by atoms with van der Waals surface area (Å²) >= 11 is 0. The van der Waals surface area contributed by atoms with Crippen LogP contribution in [-0.2, 0) is 16.0 Å². The standard InChI is InChI=1S/C17H21N.C11H21NO2.C8H10O.C2H6/c1-3-4-5-9-15-11-12-18-17(13-15)16-10-7-6-8-14(16)2;1-9(2)14-11(13)8-12-6-4-10(3)5-7-12;1-7-3-5-8(9-2)6-4-7;1-2/h6-8,10-13H,3-5,9H2,1-2H3;9-10H,4-8H2,1-3H3;3-6H,1-2H3;1-2H3. The number of aryl methyl sites for hydroxylation is 3. The van der Waals surface area contributed by atoms with Gasteiger partial charge in [0.05, 0.1) is 25.5 Å². The molecule has 5 heteroatoms. The van der Waals surface area contributed by atoms with Gasteiger partial charge in [0.25, 0.3) is 0 Å². The van der Waals surface area contributed by atoms with E-state index in [1.54, 1.807) is 7.11 Å². The molecule has 0 atom stereocenters. The molecule has 238 valence electrons. The van der Waals surface area contributed by atoms with Gasteiger partial charge >= 0.3 is 5.97 Å². The number of hydrogen-bond acceptors (Lipinski definition) is 5. The Balaban J connectivity index is 0.000000329. The maximum atomic E-state index is 11.3. The van der Waals surface area contributed by atoms with Crippen LogP contribution in [-0.4, -0.2) is 48.7 Å². The number of aromatic nitrogens is 1. The topological polar surface area (TPSA) is 51.7 Å². The summed E-state index contributed by atoms with van der Waals surface area (Å²) in [7, 11) is 1.67. The van der Waals surface area contributed by atoms with Crippen molar-refractivity contribution in [1.29, 1.82) is 0 Å². The van der Waals surface area contributed by atoms with Gasteiger partial charge in [0.2, 0.25) is 0 Å². The molecule has 2 heterocycles. The number of likely N-dealkylation sites (tertiary alicyclic amines) is 1. The Bertz CT molecular complexity index is 1140. The van der Waals surface area contributed by atoms with Gasteiger partial charge < -0.3 is 9.47 Å². The monoisotopic (exact) mass is 590 g/mol. The summed E-state index contributed by atoms with van der Waals surface area (Å²) in [5.41, 5.74) is 6.29. The lowest BCUT2D eigenvalue weighted by Gasteiger charge is -2.29. The molecule has 1 fully saturated rings. The maximum Gasteiger partial charge on any atom is 0.320 e. The Morgan fingerprint density at radius 3 is 2.21 bits per heavy atom. The van der Waals surface area contributed by atoms with Crippen molar-refractivity contribution in [2.75, 3.05) is 26.7 Å². The Hall–Kier alpha value is -3.18. The molecule has 0 spiro atoms. The van der Waals surface area contributed by atoms with Crippen molar-refractivity contribution >= 4 is 5.97 Å². The number of piperidine rings is 1. The van der Waals surface area contributed by atoms with E-state index < -0.39 is 0 Å². The molecule has 0 aliphatic carbocycles. The summed E-state index contributed by atoms with van der Waals surface area (Å²) in [5.74, 6) is 1.64. The van der Waals surface area contributed by atoms with E-state index in [4.69, 9.17) is 9.47 Å². The number of nitrogens with zero attached hydrogens (tertiary/aromatic N) is 2. The lowest BCUT2D eigenvalue weighted by Crippen LogP contribution is -2.37. The third-order valence-electron chi connectivity index (χ3n) is 7.17. The van der Waals surface area contributed by atoms with Gasteiger partial charge in [-0.1, -0.05) is 82.5 Å². The molecule has 0 saturated carbocycles. The smallest absolute Gasteiger partial charge is 0.320 e. The summed E-state index contributed by atoms with van der Waals surface area (Å²) in [6.07, 6.45) is 9.36.